The zero-order chi connectivity index (χ0) is 27.1. The summed E-state index contributed by atoms with van der Waals surface area (Å²) in [5.41, 5.74) is 2.07. The van der Waals surface area contributed by atoms with Crippen molar-refractivity contribution in [3.63, 3.8) is 0 Å². The Hall–Kier alpha value is -3.74. The Labute approximate surface area is 228 Å². The molecular formula is C26H26BrN5O5S. The fraction of sp³-hybridized carbons (Fsp3) is 0.192. The molecular weight excluding hydrogens is 574 g/mol. The van der Waals surface area contributed by atoms with E-state index in [1.165, 1.54) is 30.6 Å². The molecule has 3 aromatic carbocycles. The van der Waals surface area contributed by atoms with Crippen molar-refractivity contribution >= 4 is 60.0 Å². The summed E-state index contributed by atoms with van der Waals surface area (Å²) in [7, 11) is -2.21. The molecule has 38 heavy (non-hydrogen) atoms. The van der Waals surface area contributed by atoms with E-state index < -0.39 is 10.0 Å². The van der Waals surface area contributed by atoms with Gasteiger partial charge in [0.05, 0.1) is 24.1 Å². The van der Waals surface area contributed by atoms with E-state index in [9.17, 15) is 13.2 Å². The second kappa shape index (κ2) is 12.2. The standard InChI is InChI=1S/C26H26BrN5O5S/c1-36-23-15-22-21(26(30-16-29-22)32-19-6-4-5-17(27)13-19)14-24(23)37-12-3-2-7-25(33)31-18-8-10-20(11-9-18)38(28,34)35/h4-6,8-11,13-16H,2-3,7,12H2,1H3,(H,31,33)(H2,28,34,35)(H,29,30,32). The van der Waals surface area contributed by atoms with Gasteiger partial charge in [0, 0.05) is 33.7 Å². The number of nitrogens with zero attached hydrogens (tertiary/aromatic N) is 2. The van der Waals surface area contributed by atoms with Crippen LogP contribution in [0, 0.1) is 0 Å². The molecule has 1 heterocycles. The third-order valence-corrected chi connectivity index (χ3v) is 6.95. The summed E-state index contributed by atoms with van der Waals surface area (Å²) in [5.74, 6) is 1.54. The van der Waals surface area contributed by atoms with Gasteiger partial charge in [0.1, 0.15) is 12.1 Å². The van der Waals surface area contributed by atoms with E-state index in [1.807, 2.05) is 30.3 Å². The zero-order valence-corrected chi connectivity index (χ0v) is 22.9. The van der Waals surface area contributed by atoms with Crippen LogP contribution in [0.15, 0.2) is 76.4 Å². The fourth-order valence-electron chi connectivity index (χ4n) is 3.66. The molecule has 4 aromatic rings. The first-order valence-electron chi connectivity index (χ1n) is 11.6. The molecule has 0 saturated carbocycles. The summed E-state index contributed by atoms with van der Waals surface area (Å²) in [6.45, 7) is 0.375. The smallest absolute Gasteiger partial charge is 0.238 e. The average molecular weight is 600 g/mol. The molecule has 0 aliphatic carbocycles. The van der Waals surface area contributed by atoms with E-state index in [0.29, 0.717) is 48.0 Å². The number of nitrogens with two attached hydrogens (primary N) is 1. The maximum Gasteiger partial charge on any atom is 0.238 e. The molecule has 12 heteroatoms. The number of carbonyl (C=O) groups is 1. The van der Waals surface area contributed by atoms with E-state index >= 15 is 0 Å². The van der Waals surface area contributed by atoms with Gasteiger partial charge in [0.15, 0.2) is 11.5 Å². The second-order valence-corrected chi connectivity index (χ2v) is 10.8. The van der Waals surface area contributed by atoms with Crippen LogP contribution in [0.4, 0.5) is 17.2 Å². The van der Waals surface area contributed by atoms with Gasteiger partial charge in [0.25, 0.3) is 0 Å². The molecule has 0 fully saturated rings. The van der Waals surface area contributed by atoms with Crippen molar-refractivity contribution in [3.8, 4) is 11.5 Å². The van der Waals surface area contributed by atoms with Gasteiger partial charge in [-0.05, 0) is 61.4 Å². The molecule has 0 unspecified atom stereocenters. The number of anilines is 3. The number of halogens is 1. The number of rotatable bonds is 11. The number of aromatic nitrogens is 2. The van der Waals surface area contributed by atoms with Crippen LogP contribution >= 0.6 is 15.9 Å². The largest absolute Gasteiger partial charge is 0.493 e. The SMILES string of the molecule is COc1cc2ncnc(Nc3cccc(Br)c3)c2cc1OCCCCC(=O)Nc1ccc(S(N)(=O)=O)cc1. The number of benzene rings is 3. The number of ether oxygens (including phenoxy) is 2. The second-order valence-electron chi connectivity index (χ2n) is 8.30. The summed E-state index contributed by atoms with van der Waals surface area (Å²) >= 11 is 3.47. The molecule has 10 nitrogen and oxygen atoms in total. The first-order chi connectivity index (χ1) is 18.2. The molecule has 0 spiro atoms. The maximum atomic E-state index is 12.2. The lowest BCUT2D eigenvalue weighted by Gasteiger charge is -2.14. The number of primary sulfonamides is 1. The van der Waals surface area contributed by atoms with E-state index in [4.69, 9.17) is 14.6 Å². The Kier molecular flexibility index (Phi) is 8.77. The molecule has 198 valence electrons. The highest BCUT2D eigenvalue weighted by Crippen LogP contribution is 2.35. The van der Waals surface area contributed by atoms with Crippen LogP contribution < -0.4 is 25.2 Å². The number of unbranched alkanes of at least 4 members (excludes halogenated alkanes) is 1. The first-order valence-corrected chi connectivity index (χ1v) is 14.0. The first kappa shape index (κ1) is 27.3. The van der Waals surface area contributed by atoms with Gasteiger partial charge < -0.3 is 20.1 Å². The van der Waals surface area contributed by atoms with Crippen molar-refractivity contribution in [2.75, 3.05) is 24.4 Å². The normalized spacial score (nSPS) is 11.2. The number of hydrogen-bond donors (Lipinski definition) is 3. The van der Waals surface area contributed by atoms with Crippen LogP contribution in [-0.2, 0) is 14.8 Å². The minimum Gasteiger partial charge on any atom is -0.493 e. The molecule has 0 aliphatic heterocycles. The Morgan fingerprint density at radius 1 is 1.00 bits per heavy atom. The van der Waals surface area contributed by atoms with Crippen LogP contribution in [0.2, 0.25) is 0 Å². The van der Waals surface area contributed by atoms with E-state index in [0.717, 1.165) is 15.5 Å². The fourth-order valence-corrected chi connectivity index (χ4v) is 4.57. The van der Waals surface area contributed by atoms with Gasteiger partial charge in [-0.2, -0.15) is 0 Å². The minimum absolute atomic E-state index is 0.0145. The number of nitrogens with one attached hydrogen (secondary N) is 2. The van der Waals surface area contributed by atoms with Crippen molar-refractivity contribution < 1.29 is 22.7 Å². The maximum absolute atomic E-state index is 12.2. The van der Waals surface area contributed by atoms with Crippen LogP contribution in [0.5, 0.6) is 11.5 Å². The van der Waals surface area contributed by atoms with E-state index in [2.05, 4.69) is 36.5 Å². The zero-order valence-electron chi connectivity index (χ0n) is 20.5. The van der Waals surface area contributed by atoms with Gasteiger partial charge in [0.2, 0.25) is 15.9 Å². The molecule has 1 amide bonds. The lowest BCUT2D eigenvalue weighted by molar-refractivity contribution is -0.116. The van der Waals surface area contributed by atoms with E-state index in [-0.39, 0.29) is 17.2 Å². The van der Waals surface area contributed by atoms with Gasteiger partial charge in [-0.15, -0.1) is 0 Å². The molecule has 0 saturated heterocycles. The van der Waals surface area contributed by atoms with Gasteiger partial charge in [-0.25, -0.2) is 23.5 Å². The molecule has 0 aliphatic rings. The Balaban J connectivity index is 1.34. The number of amides is 1. The lowest BCUT2D eigenvalue weighted by atomic mass is 10.2. The van der Waals surface area contributed by atoms with Crippen molar-refractivity contribution in [3.05, 3.63) is 71.5 Å². The van der Waals surface area contributed by atoms with Crippen LogP contribution in [0.25, 0.3) is 10.9 Å². The van der Waals surface area contributed by atoms with Gasteiger partial charge in [-0.1, -0.05) is 22.0 Å². The van der Waals surface area contributed by atoms with Crippen LogP contribution in [0.3, 0.4) is 0 Å². The van der Waals surface area contributed by atoms with Crippen LogP contribution in [-0.4, -0.2) is 38.0 Å². The summed E-state index contributed by atoms with van der Waals surface area (Å²) in [5, 5.41) is 11.9. The predicted octanol–water partition coefficient (Wildman–Crippen LogP) is 4.98. The molecule has 0 atom stereocenters. The van der Waals surface area contributed by atoms with Crippen molar-refractivity contribution in [2.24, 2.45) is 5.14 Å². The highest BCUT2D eigenvalue weighted by atomic mass is 79.9. The van der Waals surface area contributed by atoms with E-state index in [1.54, 1.807) is 13.2 Å². The lowest BCUT2D eigenvalue weighted by Crippen LogP contribution is -2.13. The molecule has 4 N–H and O–H groups in total. The monoisotopic (exact) mass is 599 g/mol. The Bertz CT molecular complexity index is 1550. The predicted molar refractivity (Wildman–Crippen MR) is 149 cm³/mol. The van der Waals surface area contributed by atoms with Crippen molar-refractivity contribution in [1.82, 2.24) is 9.97 Å². The Morgan fingerprint density at radius 2 is 1.79 bits per heavy atom. The molecule has 4 rings (SSSR count). The minimum atomic E-state index is -3.78. The summed E-state index contributed by atoms with van der Waals surface area (Å²) < 4.78 is 35.1. The van der Waals surface area contributed by atoms with Crippen LogP contribution in [0.1, 0.15) is 19.3 Å². The Morgan fingerprint density at radius 3 is 2.50 bits per heavy atom. The highest BCUT2D eigenvalue weighted by Gasteiger charge is 2.13. The number of carbonyl (C=O) groups excluding carboxylic acids is 1. The third kappa shape index (κ3) is 7.18. The molecule has 0 radical (unpaired) electrons. The average Bonchev–Trinajstić information content (AvgIpc) is 2.88. The van der Waals surface area contributed by atoms with Gasteiger partial charge >= 0.3 is 0 Å². The van der Waals surface area contributed by atoms with Crippen molar-refractivity contribution in [1.29, 1.82) is 0 Å². The van der Waals surface area contributed by atoms with Gasteiger partial charge in [-0.3, -0.25) is 4.79 Å². The number of hydrogen-bond acceptors (Lipinski definition) is 8. The number of fused-ring (bicyclic) bond motifs is 1. The quantitative estimate of drug-likeness (QED) is 0.205. The van der Waals surface area contributed by atoms with Crippen molar-refractivity contribution in [2.45, 2.75) is 24.2 Å². The summed E-state index contributed by atoms with van der Waals surface area (Å²) in [4.78, 5) is 21.0. The highest BCUT2D eigenvalue weighted by molar-refractivity contribution is 9.10. The third-order valence-electron chi connectivity index (χ3n) is 5.53. The summed E-state index contributed by atoms with van der Waals surface area (Å²) in [6.07, 6.45) is 3.00. The number of methoxy groups -OCH3 is 1. The summed E-state index contributed by atoms with van der Waals surface area (Å²) in [6, 6.07) is 17.1. The number of sulfonamides is 1. The molecule has 0 bridgehead atoms. The topological polar surface area (TPSA) is 146 Å². The molecule has 1 aromatic heterocycles.